The Bertz CT molecular complexity index is 1390. The van der Waals surface area contributed by atoms with Gasteiger partial charge >= 0.3 is 17.9 Å². The molecule has 0 spiro atoms. The SMILES string of the molecule is CCCCCCCC/C=C\CCCCCCCC(=O)OC(COC(=O)Cc1c(I)cc(I)c(N)c1I)COC(=O)Cc1c(I)cc(I)c(N)c1I. The number of esters is 3. The van der Waals surface area contributed by atoms with Crippen molar-refractivity contribution in [3.63, 3.8) is 0 Å². The molecule has 4 N–H and O–H groups in total. The molecule has 0 aliphatic heterocycles. The lowest BCUT2D eigenvalue weighted by atomic mass is 10.1. The van der Waals surface area contributed by atoms with Gasteiger partial charge in [0, 0.05) is 27.8 Å². The predicted octanol–water partition coefficient (Wildman–Crippen LogP) is 11.3. The largest absolute Gasteiger partial charge is 0.461 e. The number of halogens is 6. The fraction of sp³-hybridized carbons (Fsp3) is 0.541. The summed E-state index contributed by atoms with van der Waals surface area (Å²) >= 11 is 13.0. The van der Waals surface area contributed by atoms with Gasteiger partial charge in [-0.05, 0) is 191 Å². The van der Waals surface area contributed by atoms with Crippen LogP contribution in [0.4, 0.5) is 11.4 Å². The van der Waals surface area contributed by atoms with E-state index >= 15 is 0 Å². The number of carbonyl (C=O) groups excluding carboxylic acids is 3. The first-order chi connectivity index (χ1) is 24.3. The van der Waals surface area contributed by atoms with Crippen molar-refractivity contribution < 1.29 is 28.6 Å². The molecule has 0 atom stereocenters. The molecule has 14 heteroatoms. The van der Waals surface area contributed by atoms with Crippen molar-refractivity contribution >= 4 is 165 Å². The predicted molar refractivity (Wildman–Crippen MR) is 257 cm³/mol. The summed E-state index contributed by atoms with van der Waals surface area (Å²) in [6.07, 6.45) is 19.1. The molecule has 0 amide bonds. The minimum Gasteiger partial charge on any atom is -0.461 e. The van der Waals surface area contributed by atoms with Gasteiger partial charge in [-0.2, -0.15) is 0 Å². The summed E-state index contributed by atoms with van der Waals surface area (Å²) in [5.41, 5.74) is 15.2. The molecule has 0 heterocycles. The molecule has 0 saturated heterocycles. The van der Waals surface area contributed by atoms with E-state index in [1.54, 1.807) is 0 Å². The third-order valence-corrected chi connectivity index (χ3v) is 14.2. The number of anilines is 2. The number of carbonyl (C=O) groups is 3. The van der Waals surface area contributed by atoms with Gasteiger partial charge in [-0.15, -0.1) is 0 Å². The van der Waals surface area contributed by atoms with Gasteiger partial charge in [0.15, 0.2) is 6.10 Å². The van der Waals surface area contributed by atoms with Crippen LogP contribution in [0.3, 0.4) is 0 Å². The molecular weight excluding hydrogens is 1330 g/mol. The second-order valence-corrected chi connectivity index (χ2v) is 19.1. The Labute approximate surface area is 385 Å². The molecule has 51 heavy (non-hydrogen) atoms. The van der Waals surface area contributed by atoms with Crippen LogP contribution in [0.15, 0.2) is 24.3 Å². The zero-order valence-electron chi connectivity index (χ0n) is 29.0. The van der Waals surface area contributed by atoms with E-state index in [9.17, 15) is 14.4 Å². The number of nitrogens with two attached hydrogens (primary N) is 2. The lowest BCUT2D eigenvalue weighted by molar-refractivity contribution is -0.166. The summed E-state index contributed by atoms with van der Waals surface area (Å²) < 4.78 is 22.0. The van der Waals surface area contributed by atoms with Gasteiger partial charge in [0.2, 0.25) is 0 Å². The summed E-state index contributed by atoms with van der Waals surface area (Å²) in [7, 11) is 0. The smallest absolute Gasteiger partial charge is 0.310 e. The lowest BCUT2D eigenvalue weighted by Gasteiger charge is -2.19. The zero-order chi connectivity index (χ0) is 37.8. The highest BCUT2D eigenvalue weighted by Crippen LogP contribution is 2.31. The second kappa shape index (κ2) is 27.2. The van der Waals surface area contributed by atoms with E-state index < -0.39 is 24.0 Å². The highest BCUT2D eigenvalue weighted by Gasteiger charge is 2.23. The Kier molecular flexibility index (Phi) is 25.5. The van der Waals surface area contributed by atoms with E-state index in [1.165, 1.54) is 44.9 Å². The maximum Gasteiger partial charge on any atom is 0.310 e. The number of ether oxygens (including phenoxy) is 3. The second-order valence-electron chi connectivity index (χ2n) is 12.3. The standard InChI is InChI=1S/C37H48I6N2O6/c1-2-3-4-5-6-7-8-9-10-11-12-13-14-15-16-17-31(46)51-24(22-49-32(47)18-25-27(38)20-29(40)36(44)34(25)42)23-50-33(48)19-26-28(39)21-30(41)37(45)35(26)43/h9-10,20-21,24H,2-8,11-19,22-23,44-45H2,1H3/b10-9-. The van der Waals surface area contributed by atoms with Gasteiger partial charge in [-0.3, -0.25) is 14.4 Å². The average molecular weight is 1380 g/mol. The molecule has 0 fully saturated rings. The van der Waals surface area contributed by atoms with E-state index in [0.717, 1.165) is 64.7 Å². The Hall–Kier alpha value is 0.570. The monoisotopic (exact) mass is 1380 g/mol. The third kappa shape index (κ3) is 18.8. The summed E-state index contributed by atoms with van der Waals surface area (Å²) in [5.74, 6) is -1.39. The zero-order valence-corrected chi connectivity index (χ0v) is 41.9. The molecule has 0 bridgehead atoms. The third-order valence-electron chi connectivity index (χ3n) is 8.04. The van der Waals surface area contributed by atoms with Crippen LogP contribution in [0.1, 0.15) is 108 Å². The summed E-state index contributed by atoms with van der Waals surface area (Å²) in [6, 6.07) is 3.84. The van der Waals surface area contributed by atoms with Crippen molar-refractivity contribution in [2.24, 2.45) is 0 Å². The van der Waals surface area contributed by atoms with Crippen LogP contribution < -0.4 is 11.5 Å². The normalized spacial score (nSPS) is 11.4. The fourth-order valence-corrected chi connectivity index (χ4v) is 12.6. The highest BCUT2D eigenvalue weighted by molar-refractivity contribution is 14.1. The first-order valence-electron chi connectivity index (χ1n) is 17.3. The first-order valence-corrected chi connectivity index (χ1v) is 23.8. The van der Waals surface area contributed by atoms with Gasteiger partial charge in [-0.1, -0.05) is 70.4 Å². The fourth-order valence-electron chi connectivity index (χ4n) is 5.08. The number of allylic oxidation sites excluding steroid dienone is 2. The van der Waals surface area contributed by atoms with Gasteiger partial charge in [0.1, 0.15) is 13.2 Å². The summed E-state index contributed by atoms with van der Waals surface area (Å²) in [4.78, 5) is 38.6. The minimum atomic E-state index is -0.937. The van der Waals surface area contributed by atoms with Crippen LogP contribution in [-0.4, -0.2) is 37.2 Å². The van der Waals surface area contributed by atoms with E-state index in [-0.39, 0.29) is 32.5 Å². The molecule has 0 aromatic heterocycles. The first kappa shape index (κ1) is 47.7. The average Bonchev–Trinajstić information content (AvgIpc) is 3.09. The number of benzene rings is 2. The van der Waals surface area contributed by atoms with Gasteiger partial charge in [-0.25, -0.2) is 0 Å². The summed E-state index contributed by atoms with van der Waals surface area (Å²) in [6.45, 7) is 1.78. The maximum absolute atomic E-state index is 12.9. The molecule has 0 radical (unpaired) electrons. The molecule has 0 aliphatic rings. The van der Waals surface area contributed by atoms with Crippen molar-refractivity contribution in [2.75, 3.05) is 24.7 Å². The molecule has 0 saturated carbocycles. The number of hydrogen-bond acceptors (Lipinski definition) is 8. The summed E-state index contributed by atoms with van der Waals surface area (Å²) in [5, 5.41) is 0. The van der Waals surface area contributed by atoms with Crippen molar-refractivity contribution in [1.82, 2.24) is 0 Å². The van der Waals surface area contributed by atoms with Crippen molar-refractivity contribution in [1.29, 1.82) is 0 Å². The van der Waals surface area contributed by atoms with E-state index in [1.807, 2.05) is 12.1 Å². The Morgan fingerprint density at radius 2 is 1.02 bits per heavy atom. The highest BCUT2D eigenvalue weighted by atomic mass is 127. The van der Waals surface area contributed by atoms with Crippen LogP contribution in [0.2, 0.25) is 0 Å². The maximum atomic E-state index is 12.9. The van der Waals surface area contributed by atoms with Crippen LogP contribution >= 0.6 is 136 Å². The molecule has 284 valence electrons. The Morgan fingerprint density at radius 3 is 1.47 bits per heavy atom. The quantitative estimate of drug-likeness (QED) is 0.0265. The van der Waals surface area contributed by atoms with E-state index in [0.29, 0.717) is 17.8 Å². The lowest BCUT2D eigenvalue weighted by Crippen LogP contribution is -2.31. The van der Waals surface area contributed by atoms with Crippen molar-refractivity contribution in [3.05, 3.63) is 56.8 Å². The van der Waals surface area contributed by atoms with E-state index in [2.05, 4.69) is 155 Å². The molecular formula is C37H48I6N2O6. The Balaban J connectivity index is 1.85. The van der Waals surface area contributed by atoms with Crippen molar-refractivity contribution in [2.45, 2.75) is 116 Å². The van der Waals surface area contributed by atoms with Gasteiger partial charge in [0.05, 0.1) is 24.2 Å². The molecule has 8 nitrogen and oxygen atoms in total. The molecule has 0 aliphatic carbocycles. The van der Waals surface area contributed by atoms with E-state index in [4.69, 9.17) is 25.7 Å². The van der Waals surface area contributed by atoms with Crippen LogP contribution in [-0.2, 0) is 41.4 Å². The number of nitrogen functional groups attached to an aromatic ring is 2. The number of hydrogen-bond donors (Lipinski definition) is 2. The number of unbranched alkanes of at least 4 members (excludes halogenated alkanes) is 11. The van der Waals surface area contributed by atoms with Gasteiger partial charge in [0.25, 0.3) is 0 Å². The molecule has 0 unspecified atom stereocenters. The van der Waals surface area contributed by atoms with Crippen LogP contribution in [0, 0.1) is 21.4 Å². The van der Waals surface area contributed by atoms with Crippen LogP contribution in [0.25, 0.3) is 0 Å². The molecule has 2 rings (SSSR count). The number of rotatable bonds is 24. The van der Waals surface area contributed by atoms with Crippen molar-refractivity contribution in [3.8, 4) is 0 Å². The molecule has 2 aromatic rings. The topological polar surface area (TPSA) is 131 Å². The van der Waals surface area contributed by atoms with Gasteiger partial charge < -0.3 is 25.7 Å². The molecule has 2 aromatic carbocycles. The van der Waals surface area contributed by atoms with Crippen LogP contribution in [0.5, 0.6) is 0 Å². The minimum absolute atomic E-state index is 0.0120. The Morgan fingerprint density at radius 1 is 0.608 bits per heavy atom.